The number of halogens is 3. The largest absolute Gasteiger partial charge is 0.416 e. The van der Waals surface area contributed by atoms with E-state index in [0.29, 0.717) is 27.6 Å². The van der Waals surface area contributed by atoms with E-state index in [1.807, 2.05) is 30.3 Å². The number of thioether (sulfide) groups is 1. The molecule has 0 spiro atoms. The lowest BCUT2D eigenvalue weighted by Crippen LogP contribution is -2.06. The molecule has 0 radical (unpaired) electrons. The Balaban J connectivity index is 1.79. The fourth-order valence-electron chi connectivity index (χ4n) is 3.66. The molecule has 3 aromatic rings. The Bertz CT molecular complexity index is 1090. The first-order chi connectivity index (χ1) is 14.0. The number of pyridine rings is 1. The van der Waals surface area contributed by atoms with Gasteiger partial charge >= 0.3 is 6.18 Å². The second-order valence-electron chi connectivity index (χ2n) is 6.92. The average molecular weight is 410 g/mol. The quantitative estimate of drug-likeness (QED) is 0.466. The molecule has 6 heteroatoms. The van der Waals surface area contributed by atoms with Gasteiger partial charge in [0.15, 0.2) is 0 Å². The molecule has 1 aromatic heterocycles. The van der Waals surface area contributed by atoms with Crippen molar-refractivity contribution in [2.75, 3.05) is 0 Å². The van der Waals surface area contributed by atoms with Gasteiger partial charge in [-0.25, -0.2) is 4.98 Å². The van der Waals surface area contributed by atoms with E-state index >= 15 is 0 Å². The SMILES string of the molecule is N#Cc1c(SCc2ccccc2)nc(-c2cccc(C(F)(F)F)c2)c2c1CCC2. The van der Waals surface area contributed by atoms with Gasteiger partial charge in [0.1, 0.15) is 11.1 Å². The van der Waals surface area contributed by atoms with Gasteiger partial charge in [0.2, 0.25) is 0 Å². The van der Waals surface area contributed by atoms with Crippen molar-refractivity contribution in [3.8, 4) is 17.3 Å². The second kappa shape index (κ2) is 7.92. The molecule has 1 aliphatic rings. The normalized spacial score (nSPS) is 13.2. The summed E-state index contributed by atoms with van der Waals surface area (Å²) in [5.74, 6) is 0.642. The monoisotopic (exact) mass is 410 g/mol. The van der Waals surface area contributed by atoms with Gasteiger partial charge in [0, 0.05) is 11.3 Å². The number of nitrogens with zero attached hydrogens (tertiary/aromatic N) is 2. The Morgan fingerprint density at radius 3 is 2.48 bits per heavy atom. The number of rotatable bonds is 4. The van der Waals surface area contributed by atoms with Crippen LogP contribution in [0.2, 0.25) is 0 Å². The van der Waals surface area contributed by atoms with E-state index in [2.05, 4.69) is 6.07 Å². The molecular weight excluding hydrogens is 393 g/mol. The molecule has 29 heavy (non-hydrogen) atoms. The summed E-state index contributed by atoms with van der Waals surface area (Å²) in [7, 11) is 0. The second-order valence-corrected chi connectivity index (χ2v) is 7.88. The van der Waals surface area contributed by atoms with Gasteiger partial charge in [0.25, 0.3) is 0 Å². The molecule has 0 saturated heterocycles. The highest BCUT2D eigenvalue weighted by Crippen LogP contribution is 2.39. The maximum absolute atomic E-state index is 13.2. The highest BCUT2D eigenvalue weighted by molar-refractivity contribution is 7.98. The number of hydrogen-bond acceptors (Lipinski definition) is 3. The predicted octanol–water partition coefficient (Wildman–Crippen LogP) is 6.42. The molecule has 2 aromatic carbocycles. The van der Waals surface area contributed by atoms with Crippen LogP contribution in [-0.2, 0) is 24.8 Å². The summed E-state index contributed by atoms with van der Waals surface area (Å²) in [6.45, 7) is 0. The molecule has 0 N–H and O–H groups in total. The molecule has 0 unspecified atom stereocenters. The summed E-state index contributed by atoms with van der Waals surface area (Å²) >= 11 is 1.45. The lowest BCUT2D eigenvalue weighted by atomic mass is 9.98. The fourth-order valence-corrected chi connectivity index (χ4v) is 4.63. The minimum Gasteiger partial charge on any atom is -0.240 e. The third-order valence-electron chi connectivity index (χ3n) is 5.03. The van der Waals surface area contributed by atoms with E-state index in [0.717, 1.165) is 48.1 Å². The molecule has 0 amide bonds. The van der Waals surface area contributed by atoms with Crippen LogP contribution in [0.15, 0.2) is 59.6 Å². The van der Waals surface area contributed by atoms with Crippen molar-refractivity contribution in [1.29, 1.82) is 5.26 Å². The van der Waals surface area contributed by atoms with E-state index in [1.54, 1.807) is 6.07 Å². The maximum Gasteiger partial charge on any atom is 0.416 e. The number of fused-ring (bicyclic) bond motifs is 1. The topological polar surface area (TPSA) is 36.7 Å². The Kier molecular flexibility index (Phi) is 5.33. The summed E-state index contributed by atoms with van der Waals surface area (Å²) < 4.78 is 39.6. The molecule has 146 valence electrons. The third kappa shape index (κ3) is 4.01. The van der Waals surface area contributed by atoms with Crippen LogP contribution in [0.4, 0.5) is 13.2 Å². The van der Waals surface area contributed by atoms with Gasteiger partial charge in [0.05, 0.1) is 16.8 Å². The van der Waals surface area contributed by atoms with Crippen molar-refractivity contribution in [3.05, 3.63) is 82.4 Å². The lowest BCUT2D eigenvalue weighted by molar-refractivity contribution is -0.137. The van der Waals surface area contributed by atoms with Crippen molar-refractivity contribution < 1.29 is 13.2 Å². The van der Waals surface area contributed by atoms with Gasteiger partial charge in [-0.2, -0.15) is 18.4 Å². The number of benzene rings is 2. The number of aromatic nitrogens is 1. The van der Waals surface area contributed by atoms with Gasteiger partial charge < -0.3 is 0 Å². The van der Waals surface area contributed by atoms with Crippen LogP contribution in [-0.4, -0.2) is 4.98 Å². The van der Waals surface area contributed by atoms with Crippen molar-refractivity contribution >= 4 is 11.8 Å². The average Bonchev–Trinajstić information content (AvgIpc) is 3.21. The lowest BCUT2D eigenvalue weighted by Gasteiger charge is -2.15. The molecule has 0 aliphatic heterocycles. The predicted molar refractivity (Wildman–Crippen MR) is 107 cm³/mol. The number of alkyl halides is 3. The smallest absolute Gasteiger partial charge is 0.240 e. The fraction of sp³-hybridized carbons (Fsp3) is 0.217. The Hall–Kier alpha value is -2.78. The summed E-state index contributed by atoms with van der Waals surface area (Å²) in [6.07, 6.45) is -2.04. The van der Waals surface area contributed by atoms with Crippen molar-refractivity contribution in [2.45, 2.75) is 36.2 Å². The summed E-state index contributed by atoms with van der Waals surface area (Å²) in [5, 5.41) is 10.3. The van der Waals surface area contributed by atoms with Crippen LogP contribution in [0.3, 0.4) is 0 Å². The standard InChI is InChI=1S/C23H17F3N2S/c24-23(25,26)17-9-4-8-16(12-17)21-19-11-5-10-18(19)20(13-27)22(28-21)29-14-15-6-2-1-3-7-15/h1-4,6-9,12H,5,10-11,14H2. The van der Waals surface area contributed by atoms with Gasteiger partial charge in [-0.1, -0.05) is 42.5 Å². The highest BCUT2D eigenvalue weighted by Gasteiger charge is 2.31. The van der Waals surface area contributed by atoms with Crippen LogP contribution in [0.25, 0.3) is 11.3 Å². The first-order valence-corrected chi connectivity index (χ1v) is 10.3. The zero-order chi connectivity index (χ0) is 20.4. The van der Waals surface area contributed by atoms with Crippen LogP contribution in [0, 0.1) is 11.3 Å². The van der Waals surface area contributed by atoms with E-state index in [-0.39, 0.29) is 0 Å². The third-order valence-corrected chi connectivity index (χ3v) is 6.07. The molecule has 0 bridgehead atoms. The first kappa shape index (κ1) is 19.5. The Labute approximate surface area is 171 Å². The van der Waals surface area contributed by atoms with Crippen LogP contribution >= 0.6 is 11.8 Å². The van der Waals surface area contributed by atoms with Crippen LogP contribution in [0.5, 0.6) is 0 Å². The minimum absolute atomic E-state index is 0.448. The van der Waals surface area contributed by atoms with Gasteiger partial charge in [-0.3, -0.25) is 0 Å². The van der Waals surface area contributed by atoms with Crippen LogP contribution < -0.4 is 0 Å². The summed E-state index contributed by atoms with van der Waals surface area (Å²) in [6, 6.07) is 17.4. The van der Waals surface area contributed by atoms with Crippen molar-refractivity contribution in [3.63, 3.8) is 0 Å². The molecule has 0 fully saturated rings. The zero-order valence-corrected chi connectivity index (χ0v) is 16.3. The summed E-state index contributed by atoms with van der Waals surface area (Å²) in [5.41, 5.74) is 3.84. The molecule has 0 atom stereocenters. The Morgan fingerprint density at radius 1 is 1.00 bits per heavy atom. The van der Waals surface area contributed by atoms with E-state index in [1.165, 1.54) is 17.8 Å². The van der Waals surface area contributed by atoms with E-state index in [4.69, 9.17) is 4.98 Å². The minimum atomic E-state index is -4.41. The molecular formula is C23H17F3N2S. The molecule has 4 rings (SSSR count). The van der Waals surface area contributed by atoms with Crippen LogP contribution in [0.1, 0.15) is 34.2 Å². The molecule has 2 nitrogen and oxygen atoms in total. The number of hydrogen-bond donors (Lipinski definition) is 0. The first-order valence-electron chi connectivity index (χ1n) is 9.27. The molecule has 0 saturated carbocycles. The highest BCUT2D eigenvalue weighted by atomic mass is 32.2. The number of nitriles is 1. The van der Waals surface area contributed by atoms with E-state index < -0.39 is 11.7 Å². The molecule has 1 heterocycles. The van der Waals surface area contributed by atoms with Gasteiger partial charge in [-0.05, 0) is 48.1 Å². The van der Waals surface area contributed by atoms with E-state index in [9.17, 15) is 18.4 Å². The maximum atomic E-state index is 13.2. The van der Waals surface area contributed by atoms with Gasteiger partial charge in [-0.15, -0.1) is 11.8 Å². The summed E-state index contributed by atoms with van der Waals surface area (Å²) in [4.78, 5) is 4.70. The van der Waals surface area contributed by atoms with Crippen molar-refractivity contribution in [1.82, 2.24) is 4.98 Å². The van der Waals surface area contributed by atoms with Crippen molar-refractivity contribution in [2.24, 2.45) is 0 Å². The Morgan fingerprint density at radius 2 is 1.76 bits per heavy atom. The zero-order valence-electron chi connectivity index (χ0n) is 15.5. The molecule has 1 aliphatic carbocycles.